The third-order valence-electron chi connectivity index (χ3n) is 3.83. The molecule has 18 heavy (non-hydrogen) atoms. The second-order valence-corrected chi connectivity index (χ2v) is 5.37. The van der Waals surface area contributed by atoms with Crippen molar-refractivity contribution < 1.29 is 0 Å². The first-order chi connectivity index (χ1) is 8.86. The van der Waals surface area contributed by atoms with E-state index in [2.05, 4.69) is 48.6 Å². The van der Waals surface area contributed by atoms with Crippen LogP contribution in [0.5, 0.6) is 0 Å². The van der Waals surface area contributed by atoms with E-state index >= 15 is 0 Å². The van der Waals surface area contributed by atoms with Crippen LogP contribution in [0.4, 0.5) is 0 Å². The van der Waals surface area contributed by atoms with Gasteiger partial charge in [-0.15, -0.1) is 0 Å². The molecule has 0 bridgehead atoms. The molecule has 1 N–H and O–H groups in total. The van der Waals surface area contributed by atoms with Crippen molar-refractivity contribution in [2.45, 2.75) is 44.9 Å². The summed E-state index contributed by atoms with van der Waals surface area (Å²) in [7, 11) is 0. The Labute approximate surface area is 111 Å². The Kier molecular flexibility index (Phi) is 5.47. The zero-order valence-corrected chi connectivity index (χ0v) is 11.5. The minimum absolute atomic E-state index is 0.603. The fourth-order valence-electron chi connectivity index (χ4n) is 2.60. The van der Waals surface area contributed by atoms with Crippen LogP contribution in [-0.2, 0) is 0 Å². The summed E-state index contributed by atoms with van der Waals surface area (Å²) in [6.45, 7) is 4.50. The number of allylic oxidation sites excluding steroid dienone is 1. The Bertz CT molecular complexity index is 366. The van der Waals surface area contributed by atoms with Gasteiger partial charge in [0, 0.05) is 6.54 Å². The highest BCUT2D eigenvalue weighted by Gasteiger charge is 2.05. The van der Waals surface area contributed by atoms with Crippen molar-refractivity contribution in [3.8, 4) is 0 Å². The van der Waals surface area contributed by atoms with Crippen LogP contribution in [0, 0.1) is 0 Å². The normalized spacial score (nSPS) is 17.3. The van der Waals surface area contributed by atoms with E-state index in [9.17, 15) is 0 Å². The van der Waals surface area contributed by atoms with Crippen LogP contribution in [0.25, 0.3) is 0 Å². The molecule has 0 aliphatic heterocycles. The molecule has 0 unspecified atom stereocenters. The van der Waals surface area contributed by atoms with Crippen molar-refractivity contribution in [2.24, 2.45) is 0 Å². The minimum atomic E-state index is 0.603. The Balaban J connectivity index is 1.65. The van der Waals surface area contributed by atoms with Gasteiger partial charge in [-0.25, -0.2) is 0 Å². The zero-order chi connectivity index (χ0) is 12.6. The molecule has 0 spiro atoms. The monoisotopic (exact) mass is 243 g/mol. The molecule has 1 aliphatic rings. The molecule has 0 saturated carbocycles. The number of hydrogen-bond acceptors (Lipinski definition) is 1. The predicted molar refractivity (Wildman–Crippen MR) is 78.9 cm³/mol. The van der Waals surface area contributed by atoms with E-state index in [1.165, 1.54) is 37.7 Å². The summed E-state index contributed by atoms with van der Waals surface area (Å²) in [4.78, 5) is 0. The van der Waals surface area contributed by atoms with Gasteiger partial charge in [0.15, 0.2) is 0 Å². The molecule has 1 aliphatic carbocycles. The quantitative estimate of drug-likeness (QED) is 0.581. The average Bonchev–Trinajstić information content (AvgIpc) is 2.45. The lowest BCUT2D eigenvalue weighted by Crippen LogP contribution is -2.21. The van der Waals surface area contributed by atoms with E-state index in [1.54, 1.807) is 5.57 Å². The van der Waals surface area contributed by atoms with Gasteiger partial charge in [0.2, 0.25) is 0 Å². The Morgan fingerprint density at radius 3 is 2.72 bits per heavy atom. The molecule has 2 rings (SSSR count). The van der Waals surface area contributed by atoms with Crippen LogP contribution in [0.1, 0.15) is 50.5 Å². The van der Waals surface area contributed by atoms with E-state index < -0.39 is 0 Å². The largest absolute Gasteiger partial charge is 0.316 e. The molecular formula is C17H25N. The Morgan fingerprint density at radius 2 is 2.00 bits per heavy atom. The number of hydrogen-bond donors (Lipinski definition) is 1. The van der Waals surface area contributed by atoms with Gasteiger partial charge in [-0.3, -0.25) is 0 Å². The van der Waals surface area contributed by atoms with Crippen LogP contribution in [0.2, 0.25) is 0 Å². The topological polar surface area (TPSA) is 12.0 Å². The summed E-state index contributed by atoms with van der Waals surface area (Å²) >= 11 is 0. The van der Waals surface area contributed by atoms with Crippen molar-refractivity contribution in [1.82, 2.24) is 5.32 Å². The molecule has 0 saturated heterocycles. The maximum atomic E-state index is 3.59. The van der Waals surface area contributed by atoms with E-state index in [0.717, 1.165) is 13.1 Å². The fraction of sp³-hybridized carbons (Fsp3) is 0.529. The first kappa shape index (κ1) is 13.4. The van der Waals surface area contributed by atoms with E-state index in [4.69, 9.17) is 0 Å². The van der Waals surface area contributed by atoms with Crippen LogP contribution in [0.3, 0.4) is 0 Å². The Hall–Kier alpha value is -1.08. The SMILES string of the molecule is C[C@H](CNCCC1=CCCCC1)c1ccccc1. The summed E-state index contributed by atoms with van der Waals surface area (Å²) in [5.41, 5.74) is 3.10. The first-order valence-corrected chi connectivity index (χ1v) is 7.30. The third-order valence-corrected chi connectivity index (χ3v) is 3.83. The van der Waals surface area contributed by atoms with Gasteiger partial charge in [0.1, 0.15) is 0 Å². The van der Waals surface area contributed by atoms with Crippen LogP contribution < -0.4 is 5.32 Å². The summed E-state index contributed by atoms with van der Waals surface area (Å²) in [6.07, 6.45) is 9.10. The van der Waals surface area contributed by atoms with Gasteiger partial charge in [0.25, 0.3) is 0 Å². The van der Waals surface area contributed by atoms with Crippen molar-refractivity contribution in [2.75, 3.05) is 13.1 Å². The molecule has 98 valence electrons. The maximum absolute atomic E-state index is 3.59. The predicted octanol–water partition coefficient (Wildman–Crippen LogP) is 4.27. The highest BCUT2D eigenvalue weighted by molar-refractivity contribution is 5.19. The molecule has 1 nitrogen and oxygen atoms in total. The summed E-state index contributed by atoms with van der Waals surface area (Å²) in [5, 5.41) is 3.59. The molecule has 0 radical (unpaired) electrons. The number of benzene rings is 1. The van der Waals surface area contributed by atoms with Gasteiger partial charge < -0.3 is 5.32 Å². The van der Waals surface area contributed by atoms with Crippen LogP contribution in [-0.4, -0.2) is 13.1 Å². The lowest BCUT2D eigenvalue weighted by Gasteiger charge is -2.15. The second-order valence-electron chi connectivity index (χ2n) is 5.37. The Morgan fingerprint density at radius 1 is 1.17 bits per heavy atom. The summed E-state index contributed by atoms with van der Waals surface area (Å²) in [6, 6.07) is 10.8. The summed E-state index contributed by atoms with van der Waals surface area (Å²) < 4.78 is 0. The molecular weight excluding hydrogens is 218 g/mol. The highest BCUT2D eigenvalue weighted by Crippen LogP contribution is 2.19. The third kappa shape index (κ3) is 4.30. The molecule has 0 heterocycles. The molecule has 1 aromatic carbocycles. The highest BCUT2D eigenvalue weighted by atomic mass is 14.8. The van der Waals surface area contributed by atoms with Gasteiger partial charge in [0.05, 0.1) is 0 Å². The van der Waals surface area contributed by atoms with Gasteiger partial charge in [-0.2, -0.15) is 0 Å². The first-order valence-electron chi connectivity index (χ1n) is 7.30. The molecule has 0 fully saturated rings. The van der Waals surface area contributed by atoms with Gasteiger partial charge in [-0.1, -0.05) is 48.9 Å². The maximum Gasteiger partial charge on any atom is 0.00176 e. The van der Waals surface area contributed by atoms with Gasteiger partial charge in [-0.05, 0) is 50.1 Å². The van der Waals surface area contributed by atoms with Crippen molar-refractivity contribution in [1.29, 1.82) is 0 Å². The lowest BCUT2D eigenvalue weighted by atomic mass is 9.97. The van der Waals surface area contributed by atoms with Crippen LogP contribution >= 0.6 is 0 Å². The van der Waals surface area contributed by atoms with Crippen molar-refractivity contribution >= 4 is 0 Å². The number of rotatable bonds is 6. The van der Waals surface area contributed by atoms with Crippen molar-refractivity contribution in [3.63, 3.8) is 0 Å². The average molecular weight is 243 g/mol. The van der Waals surface area contributed by atoms with Crippen molar-refractivity contribution in [3.05, 3.63) is 47.5 Å². The standard InChI is InChI=1S/C17H25N/c1-15(17-10-6-3-7-11-17)14-18-13-12-16-8-4-2-5-9-16/h3,6-8,10-11,15,18H,2,4-5,9,12-14H2,1H3/t15-/m1/s1. The summed E-state index contributed by atoms with van der Waals surface area (Å²) in [5.74, 6) is 0.603. The van der Waals surface area contributed by atoms with Crippen LogP contribution in [0.15, 0.2) is 42.0 Å². The zero-order valence-electron chi connectivity index (χ0n) is 11.5. The van der Waals surface area contributed by atoms with E-state index in [1.807, 2.05) is 0 Å². The molecule has 0 aromatic heterocycles. The smallest absolute Gasteiger partial charge is 0.00176 e. The second kappa shape index (κ2) is 7.38. The molecule has 1 heteroatoms. The fourth-order valence-corrected chi connectivity index (χ4v) is 2.60. The minimum Gasteiger partial charge on any atom is -0.316 e. The van der Waals surface area contributed by atoms with E-state index in [-0.39, 0.29) is 0 Å². The molecule has 1 atom stereocenters. The molecule has 1 aromatic rings. The van der Waals surface area contributed by atoms with E-state index in [0.29, 0.717) is 5.92 Å². The molecule has 0 amide bonds. The lowest BCUT2D eigenvalue weighted by molar-refractivity contribution is 0.596. The van der Waals surface area contributed by atoms with Gasteiger partial charge >= 0.3 is 0 Å². The number of nitrogens with one attached hydrogen (secondary N) is 1.